The molecule has 0 aromatic heterocycles. The number of benzene rings is 2. The average molecular weight is 656 g/mol. The van der Waals surface area contributed by atoms with Crippen LogP contribution in [-0.2, 0) is 29.4 Å². The molecule has 1 aliphatic rings. The van der Waals surface area contributed by atoms with Gasteiger partial charge >= 0.3 is 6.09 Å². The number of carbonyl (C=O) groups is 2. The molecule has 44 heavy (non-hydrogen) atoms. The highest BCUT2D eigenvalue weighted by molar-refractivity contribution is 7.90. The van der Waals surface area contributed by atoms with Crippen molar-refractivity contribution in [2.75, 3.05) is 31.9 Å². The van der Waals surface area contributed by atoms with Gasteiger partial charge in [-0.3, -0.25) is 4.79 Å². The molecule has 0 aliphatic carbocycles. The molecule has 1 aliphatic heterocycles. The van der Waals surface area contributed by atoms with Gasteiger partial charge in [-0.1, -0.05) is 44.2 Å². The van der Waals surface area contributed by atoms with Gasteiger partial charge in [-0.15, -0.1) is 0 Å². The van der Waals surface area contributed by atoms with E-state index >= 15 is 0 Å². The van der Waals surface area contributed by atoms with Crippen LogP contribution in [0.3, 0.4) is 0 Å². The van der Waals surface area contributed by atoms with E-state index < -0.39 is 67.9 Å². The zero-order chi connectivity index (χ0) is 32.9. The molecule has 0 saturated carbocycles. The minimum atomic E-state index is -4.16. The number of ether oxygens (including phenoxy) is 3. The van der Waals surface area contributed by atoms with Gasteiger partial charge in [-0.05, 0) is 44.4 Å². The summed E-state index contributed by atoms with van der Waals surface area (Å²) in [6.07, 6.45) is -1.58. The molecular formula is C29H41N3O10S2. The molecule has 3 rings (SSSR count). The number of amides is 2. The maximum Gasteiger partial charge on any atom is 0.408 e. The Morgan fingerprint density at radius 2 is 1.61 bits per heavy atom. The third-order valence-corrected chi connectivity index (χ3v) is 9.03. The Balaban J connectivity index is 1.92. The molecule has 244 valence electrons. The van der Waals surface area contributed by atoms with Crippen LogP contribution < -0.4 is 20.1 Å². The first-order chi connectivity index (χ1) is 20.4. The van der Waals surface area contributed by atoms with Crippen molar-refractivity contribution in [1.29, 1.82) is 0 Å². The van der Waals surface area contributed by atoms with Crippen LogP contribution in [-0.4, -0.2) is 87.9 Å². The maximum atomic E-state index is 13.8. The molecular weight excluding hydrogens is 614 g/mol. The third kappa shape index (κ3) is 10.1. The molecule has 0 bridgehead atoms. The number of aliphatic hydroxyl groups excluding tert-OH is 1. The van der Waals surface area contributed by atoms with E-state index in [9.17, 15) is 31.5 Å². The smallest absolute Gasteiger partial charge is 0.408 e. The van der Waals surface area contributed by atoms with Crippen molar-refractivity contribution >= 4 is 31.9 Å². The number of hydrogen-bond acceptors (Lipinski definition) is 10. The van der Waals surface area contributed by atoms with Crippen molar-refractivity contribution in [2.45, 2.75) is 63.3 Å². The summed E-state index contributed by atoms with van der Waals surface area (Å²) in [5.74, 6) is -1.10. The van der Waals surface area contributed by atoms with Crippen molar-refractivity contribution in [2.24, 2.45) is 5.92 Å². The van der Waals surface area contributed by atoms with Gasteiger partial charge in [0.2, 0.25) is 22.7 Å². The molecule has 3 N–H and O–H groups in total. The lowest BCUT2D eigenvalue weighted by atomic mass is 10.0. The summed E-state index contributed by atoms with van der Waals surface area (Å²) in [5, 5.41) is 16.4. The molecule has 0 saturated heterocycles. The van der Waals surface area contributed by atoms with Gasteiger partial charge in [0, 0.05) is 25.4 Å². The van der Waals surface area contributed by atoms with E-state index in [1.807, 2.05) is 13.8 Å². The fraction of sp³-hybridized carbons (Fsp3) is 0.517. The van der Waals surface area contributed by atoms with Crippen LogP contribution in [0, 0.1) is 5.92 Å². The number of hydrogen-bond donors (Lipinski definition) is 3. The first-order valence-electron chi connectivity index (χ1n) is 14.0. The number of aliphatic hydroxyl groups is 1. The molecule has 3 atom stereocenters. The molecule has 2 amide bonds. The van der Waals surface area contributed by atoms with Gasteiger partial charge in [0.25, 0.3) is 0 Å². The lowest BCUT2D eigenvalue weighted by molar-refractivity contribution is -0.124. The summed E-state index contributed by atoms with van der Waals surface area (Å²) < 4.78 is 68.8. The van der Waals surface area contributed by atoms with E-state index in [2.05, 4.69) is 10.6 Å². The molecule has 13 nitrogen and oxygen atoms in total. The predicted octanol–water partition coefficient (Wildman–Crippen LogP) is 2.22. The number of sulfone groups is 1. The summed E-state index contributed by atoms with van der Waals surface area (Å²) in [4.78, 5) is 25.9. The minimum Gasteiger partial charge on any atom is -0.454 e. The zero-order valence-electron chi connectivity index (χ0n) is 25.6. The van der Waals surface area contributed by atoms with Gasteiger partial charge in [0.05, 0.1) is 22.8 Å². The van der Waals surface area contributed by atoms with E-state index in [1.54, 1.807) is 51.1 Å². The predicted molar refractivity (Wildman–Crippen MR) is 162 cm³/mol. The van der Waals surface area contributed by atoms with Crippen molar-refractivity contribution in [3.63, 3.8) is 0 Å². The first kappa shape index (κ1) is 35.1. The van der Waals surface area contributed by atoms with E-state index in [0.717, 1.165) is 10.6 Å². The summed E-state index contributed by atoms with van der Waals surface area (Å²) in [7, 11) is -7.92. The lowest BCUT2D eigenvalue weighted by Crippen LogP contribution is -2.54. The maximum absolute atomic E-state index is 13.8. The van der Waals surface area contributed by atoms with Gasteiger partial charge in [-0.2, -0.15) is 4.31 Å². The van der Waals surface area contributed by atoms with E-state index in [-0.39, 0.29) is 29.9 Å². The van der Waals surface area contributed by atoms with E-state index in [4.69, 9.17) is 14.2 Å². The summed E-state index contributed by atoms with van der Waals surface area (Å²) in [5.41, 5.74) is -0.490. The second kappa shape index (κ2) is 14.1. The topological polar surface area (TPSA) is 178 Å². The van der Waals surface area contributed by atoms with Crippen molar-refractivity contribution in [3.05, 3.63) is 54.1 Å². The Morgan fingerprint density at radius 1 is 0.977 bits per heavy atom. The summed E-state index contributed by atoms with van der Waals surface area (Å²) >= 11 is 0. The number of carbonyl (C=O) groups excluding carboxylic acids is 2. The molecule has 1 heterocycles. The zero-order valence-corrected chi connectivity index (χ0v) is 27.3. The second-order valence-corrected chi connectivity index (χ2v) is 16.1. The molecule has 0 fully saturated rings. The van der Waals surface area contributed by atoms with Crippen LogP contribution in [0.25, 0.3) is 0 Å². The van der Waals surface area contributed by atoms with Crippen LogP contribution in [0.15, 0.2) is 53.4 Å². The number of rotatable bonds is 13. The third-order valence-electron chi connectivity index (χ3n) is 6.26. The largest absolute Gasteiger partial charge is 0.454 e. The van der Waals surface area contributed by atoms with Gasteiger partial charge in [0.1, 0.15) is 21.5 Å². The van der Waals surface area contributed by atoms with Crippen LogP contribution in [0.2, 0.25) is 0 Å². The molecule has 0 spiro atoms. The summed E-state index contributed by atoms with van der Waals surface area (Å²) in [6, 6.07) is 9.79. The van der Waals surface area contributed by atoms with Crippen LogP contribution >= 0.6 is 0 Å². The highest BCUT2D eigenvalue weighted by atomic mass is 32.2. The SMILES string of the molecule is CC(C)CN(C[C@@H](O)[C@@H](NC(=O)[C@H](CS(C)(=O)=O)NC(=O)OC(C)(C)C)c1ccccc1)S(=O)(=O)c1ccc2c(c1)OCO2. The highest BCUT2D eigenvalue weighted by Gasteiger charge is 2.35. The number of nitrogens with zero attached hydrogens (tertiary/aromatic N) is 1. The molecule has 2 aromatic carbocycles. The van der Waals surface area contributed by atoms with Crippen LogP contribution in [0.4, 0.5) is 4.79 Å². The van der Waals surface area contributed by atoms with E-state index in [0.29, 0.717) is 11.3 Å². The Morgan fingerprint density at radius 3 is 2.20 bits per heavy atom. The van der Waals surface area contributed by atoms with Gasteiger partial charge < -0.3 is 30.0 Å². The molecule has 2 aromatic rings. The fourth-order valence-electron chi connectivity index (χ4n) is 4.43. The van der Waals surface area contributed by atoms with E-state index in [1.165, 1.54) is 18.2 Å². The Labute approximate surface area is 258 Å². The van der Waals surface area contributed by atoms with Crippen molar-refractivity contribution < 1.29 is 45.7 Å². The average Bonchev–Trinajstić information content (AvgIpc) is 3.37. The van der Waals surface area contributed by atoms with Crippen LogP contribution in [0.5, 0.6) is 11.5 Å². The number of alkyl carbamates (subject to hydrolysis) is 1. The highest BCUT2D eigenvalue weighted by Crippen LogP contribution is 2.35. The monoisotopic (exact) mass is 655 g/mol. The minimum absolute atomic E-state index is 0.0329. The van der Waals surface area contributed by atoms with Gasteiger partial charge in [0.15, 0.2) is 11.5 Å². The Hall–Kier alpha value is -3.40. The van der Waals surface area contributed by atoms with Crippen molar-refractivity contribution in [3.8, 4) is 11.5 Å². The van der Waals surface area contributed by atoms with Crippen LogP contribution in [0.1, 0.15) is 46.2 Å². The normalized spacial score (nSPS) is 15.5. The molecule has 0 unspecified atom stereocenters. The number of fused-ring (bicyclic) bond motifs is 1. The number of sulfonamides is 1. The summed E-state index contributed by atoms with van der Waals surface area (Å²) in [6.45, 7) is 8.06. The van der Waals surface area contributed by atoms with Crippen molar-refractivity contribution in [1.82, 2.24) is 14.9 Å². The molecule has 15 heteroatoms. The lowest BCUT2D eigenvalue weighted by Gasteiger charge is -2.32. The fourth-order valence-corrected chi connectivity index (χ4v) is 6.91. The second-order valence-electron chi connectivity index (χ2n) is 12.0. The number of nitrogens with one attached hydrogen (secondary N) is 2. The Kier molecular flexibility index (Phi) is 11.3. The van der Waals surface area contributed by atoms with Gasteiger partial charge in [-0.25, -0.2) is 21.6 Å². The first-order valence-corrected chi connectivity index (χ1v) is 17.5. The molecule has 0 radical (unpaired) electrons. The quantitative estimate of drug-likeness (QED) is 0.290. The standard InChI is InChI=1S/C29H41N3O10S2/c1-19(2)15-32(44(38,39)21-12-13-24-25(14-21)41-18-40-24)16-23(33)26(20-10-8-7-9-11-20)31-27(34)22(17-43(6,36)37)30-28(35)42-29(3,4)5/h7-14,19,22-23,26,33H,15-18H2,1-6H3,(H,30,35)(H,31,34)/t22-,23+,26-/m0/s1. The Bertz CT molecular complexity index is 1520.